The van der Waals surface area contributed by atoms with Crippen molar-refractivity contribution in [3.05, 3.63) is 40.7 Å². The van der Waals surface area contributed by atoms with Gasteiger partial charge in [0.1, 0.15) is 12.0 Å². The summed E-state index contributed by atoms with van der Waals surface area (Å²) in [7, 11) is 3.17. The van der Waals surface area contributed by atoms with Crippen molar-refractivity contribution in [2.24, 2.45) is 5.10 Å². The number of methoxy groups -OCH3 is 2. The number of aromatic nitrogens is 1. The minimum absolute atomic E-state index is 0.0342. The number of nitrogens with zero attached hydrogens (tertiary/aromatic N) is 3. The molecule has 0 radical (unpaired) electrons. The zero-order valence-corrected chi connectivity index (χ0v) is 22.7. The maximum absolute atomic E-state index is 14.1. The van der Waals surface area contributed by atoms with Crippen LogP contribution in [0.3, 0.4) is 0 Å². The molecule has 1 aromatic carbocycles. The zero-order valence-electron chi connectivity index (χ0n) is 22.7. The van der Waals surface area contributed by atoms with Crippen LogP contribution < -0.4 is 10.3 Å². The molecular weight excluding hydrogens is 486 g/mol. The molecule has 0 bridgehead atoms. The summed E-state index contributed by atoms with van der Waals surface area (Å²) in [5.41, 5.74) is 8.75. The SMILES string of the molecule is COCC1(COC)C(=O)N(CC(=O)N2CCOCC2)c2cc3c4c([nH]c3cc21)/C(C)=N/N/C=C(\C)CCC4. The molecule has 2 amide bonds. The fraction of sp³-hybridized carbons (Fsp3) is 0.536. The van der Waals surface area contributed by atoms with Crippen molar-refractivity contribution in [3.63, 3.8) is 0 Å². The van der Waals surface area contributed by atoms with E-state index >= 15 is 0 Å². The maximum Gasteiger partial charge on any atom is 0.242 e. The number of ether oxygens (including phenoxy) is 3. The first-order valence-electron chi connectivity index (χ1n) is 13.2. The van der Waals surface area contributed by atoms with Gasteiger partial charge in [-0.3, -0.25) is 15.0 Å². The van der Waals surface area contributed by atoms with Crippen LogP contribution in [0.5, 0.6) is 0 Å². The molecule has 0 saturated carbocycles. The molecule has 1 saturated heterocycles. The summed E-state index contributed by atoms with van der Waals surface area (Å²) in [6, 6.07) is 4.10. The van der Waals surface area contributed by atoms with Gasteiger partial charge in [0.05, 0.1) is 37.8 Å². The van der Waals surface area contributed by atoms with Crippen LogP contribution in [0.25, 0.3) is 10.9 Å². The number of amides is 2. The number of rotatable bonds is 6. The van der Waals surface area contributed by atoms with Crippen LogP contribution in [0.2, 0.25) is 0 Å². The molecule has 10 nitrogen and oxygen atoms in total. The Hall–Kier alpha value is -3.21. The van der Waals surface area contributed by atoms with E-state index in [0.29, 0.717) is 26.3 Å². The molecule has 0 spiro atoms. The Morgan fingerprint density at radius 3 is 2.58 bits per heavy atom. The molecule has 204 valence electrons. The minimum atomic E-state index is -1.04. The minimum Gasteiger partial charge on any atom is -0.383 e. The number of hydrogen-bond acceptors (Lipinski definition) is 7. The third kappa shape index (κ3) is 4.61. The topological polar surface area (TPSA) is 108 Å². The third-order valence-electron chi connectivity index (χ3n) is 7.82. The Balaban J connectivity index is 1.63. The number of carbonyl (C=O) groups is 2. The highest BCUT2D eigenvalue weighted by Crippen LogP contribution is 2.45. The number of morpholine rings is 1. The number of H-pyrrole nitrogens is 1. The molecule has 4 heterocycles. The van der Waals surface area contributed by atoms with E-state index in [1.807, 2.05) is 19.2 Å². The van der Waals surface area contributed by atoms with Crippen LogP contribution in [0.1, 0.15) is 43.5 Å². The summed E-state index contributed by atoms with van der Waals surface area (Å²) in [5, 5.41) is 5.59. The standard InChI is InChI=1S/C28H37N5O5/c1-18-6-5-7-20-21-12-24-22(13-23(21)30-26(20)19(2)31-29-14-18)28(16-36-3,17-37-4)27(35)33(24)15-25(34)32-8-10-38-11-9-32/h12-14,29-30H,5-11,15-17H2,1-4H3/b18-14+,31-19+. The monoisotopic (exact) mass is 523 g/mol. The number of hydrogen-bond donors (Lipinski definition) is 2. The van der Waals surface area contributed by atoms with Gasteiger partial charge >= 0.3 is 0 Å². The molecule has 3 aliphatic rings. The molecule has 10 heteroatoms. The summed E-state index contributed by atoms with van der Waals surface area (Å²) in [6.45, 7) is 6.42. The van der Waals surface area contributed by atoms with Gasteiger partial charge in [-0.25, -0.2) is 0 Å². The average Bonchev–Trinajstić information content (AvgIpc) is 3.37. The van der Waals surface area contributed by atoms with Crippen molar-refractivity contribution in [2.75, 3.05) is 65.2 Å². The van der Waals surface area contributed by atoms with Gasteiger partial charge in [-0.1, -0.05) is 5.57 Å². The van der Waals surface area contributed by atoms with E-state index in [1.54, 1.807) is 24.0 Å². The van der Waals surface area contributed by atoms with Crippen LogP contribution in [0, 0.1) is 0 Å². The number of nitrogens with one attached hydrogen (secondary N) is 2. The molecule has 5 rings (SSSR count). The number of carbonyl (C=O) groups excluding carboxylic acids is 2. The summed E-state index contributed by atoms with van der Waals surface area (Å²) >= 11 is 0. The van der Waals surface area contributed by atoms with E-state index < -0.39 is 5.41 Å². The van der Waals surface area contributed by atoms with E-state index in [-0.39, 0.29) is 31.6 Å². The number of aromatic amines is 1. The van der Waals surface area contributed by atoms with E-state index in [2.05, 4.69) is 28.5 Å². The van der Waals surface area contributed by atoms with Crippen molar-refractivity contribution >= 4 is 34.1 Å². The molecule has 2 aromatic rings. The number of benzene rings is 1. The lowest BCUT2D eigenvalue weighted by molar-refractivity contribution is -0.136. The normalized spacial score (nSPS) is 22.3. The lowest BCUT2D eigenvalue weighted by Gasteiger charge is -2.30. The van der Waals surface area contributed by atoms with Crippen molar-refractivity contribution in [1.82, 2.24) is 15.3 Å². The van der Waals surface area contributed by atoms with Gasteiger partial charge in [0, 0.05) is 50.1 Å². The first-order chi connectivity index (χ1) is 18.4. The van der Waals surface area contributed by atoms with Crippen LogP contribution in [0.4, 0.5) is 5.69 Å². The van der Waals surface area contributed by atoms with Gasteiger partial charge < -0.3 is 29.0 Å². The highest BCUT2D eigenvalue weighted by molar-refractivity contribution is 6.14. The Morgan fingerprint density at radius 1 is 1.13 bits per heavy atom. The van der Waals surface area contributed by atoms with Gasteiger partial charge in [-0.2, -0.15) is 5.10 Å². The Labute approximate surface area is 223 Å². The second-order valence-electron chi connectivity index (χ2n) is 10.4. The highest BCUT2D eigenvalue weighted by Gasteiger charge is 2.52. The van der Waals surface area contributed by atoms with Gasteiger partial charge in [0.2, 0.25) is 11.8 Å². The molecule has 0 aliphatic carbocycles. The predicted octanol–water partition coefficient (Wildman–Crippen LogP) is 2.46. The quantitative estimate of drug-likeness (QED) is 0.602. The molecule has 1 aromatic heterocycles. The number of allylic oxidation sites excluding steroid dienone is 1. The van der Waals surface area contributed by atoms with Gasteiger partial charge in [0.15, 0.2) is 0 Å². The largest absolute Gasteiger partial charge is 0.383 e. The lowest BCUT2D eigenvalue weighted by atomic mass is 9.82. The van der Waals surface area contributed by atoms with Crippen LogP contribution >= 0.6 is 0 Å². The molecule has 2 N–H and O–H groups in total. The second-order valence-corrected chi connectivity index (χ2v) is 10.4. The van der Waals surface area contributed by atoms with E-state index in [1.165, 1.54) is 11.1 Å². The first kappa shape index (κ1) is 26.4. The van der Waals surface area contributed by atoms with E-state index in [9.17, 15) is 9.59 Å². The number of anilines is 1. The van der Waals surface area contributed by atoms with Gasteiger partial charge in [-0.15, -0.1) is 0 Å². The number of fused-ring (bicyclic) bond motifs is 4. The molecular formula is C28H37N5O5. The van der Waals surface area contributed by atoms with Crippen LogP contribution in [0.15, 0.2) is 29.0 Å². The number of hydrazone groups is 1. The second kappa shape index (κ2) is 10.9. The van der Waals surface area contributed by atoms with Gasteiger partial charge in [0.25, 0.3) is 0 Å². The van der Waals surface area contributed by atoms with Crippen LogP contribution in [-0.4, -0.2) is 87.7 Å². The third-order valence-corrected chi connectivity index (χ3v) is 7.82. The Bertz CT molecular complexity index is 1280. The van der Waals surface area contributed by atoms with E-state index in [0.717, 1.165) is 52.8 Å². The van der Waals surface area contributed by atoms with Gasteiger partial charge in [-0.05, 0) is 56.4 Å². The van der Waals surface area contributed by atoms with Crippen molar-refractivity contribution < 1.29 is 23.8 Å². The molecule has 3 aliphatic heterocycles. The fourth-order valence-electron chi connectivity index (χ4n) is 5.87. The summed E-state index contributed by atoms with van der Waals surface area (Å²) < 4.78 is 16.6. The molecule has 1 fully saturated rings. The predicted molar refractivity (Wildman–Crippen MR) is 146 cm³/mol. The van der Waals surface area contributed by atoms with Crippen molar-refractivity contribution in [3.8, 4) is 0 Å². The molecule has 0 atom stereocenters. The Morgan fingerprint density at radius 2 is 1.87 bits per heavy atom. The number of aryl methyl sites for hydroxylation is 1. The van der Waals surface area contributed by atoms with Crippen LogP contribution in [-0.2, 0) is 35.6 Å². The molecule has 38 heavy (non-hydrogen) atoms. The fourth-order valence-corrected chi connectivity index (χ4v) is 5.87. The zero-order chi connectivity index (χ0) is 26.9. The summed E-state index contributed by atoms with van der Waals surface area (Å²) in [5.74, 6) is -0.267. The highest BCUT2D eigenvalue weighted by atomic mass is 16.5. The molecule has 0 unspecified atom stereocenters. The smallest absolute Gasteiger partial charge is 0.242 e. The Kier molecular flexibility index (Phi) is 7.56. The average molecular weight is 524 g/mol. The lowest BCUT2D eigenvalue weighted by Crippen LogP contribution is -2.51. The van der Waals surface area contributed by atoms with Crippen molar-refractivity contribution in [1.29, 1.82) is 0 Å². The first-order valence-corrected chi connectivity index (χ1v) is 13.2. The van der Waals surface area contributed by atoms with Crippen molar-refractivity contribution in [2.45, 2.75) is 38.5 Å². The maximum atomic E-state index is 14.1. The summed E-state index contributed by atoms with van der Waals surface area (Å²) in [6.07, 6.45) is 4.77. The van der Waals surface area contributed by atoms with E-state index in [4.69, 9.17) is 14.2 Å². The summed E-state index contributed by atoms with van der Waals surface area (Å²) in [4.78, 5) is 34.3.